The van der Waals surface area contributed by atoms with Crippen LogP contribution in [0.3, 0.4) is 0 Å². The third kappa shape index (κ3) is 3.80. The van der Waals surface area contributed by atoms with Gasteiger partial charge in [-0.2, -0.15) is 0 Å². The van der Waals surface area contributed by atoms with Gasteiger partial charge in [-0.3, -0.25) is 0 Å². The predicted molar refractivity (Wildman–Crippen MR) is 72.0 cm³/mol. The number of halogens is 1. The third-order valence-electron chi connectivity index (χ3n) is 2.31. The van der Waals surface area contributed by atoms with E-state index in [0.29, 0.717) is 12.6 Å². The number of rotatable bonds is 5. The van der Waals surface area contributed by atoms with E-state index in [1.54, 1.807) is 0 Å². The van der Waals surface area contributed by atoms with Crippen LogP contribution >= 0.6 is 15.9 Å². The van der Waals surface area contributed by atoms with Crippen molar-refractivity contribution >= 4 is 15.9 Å². The molecule has 0 bridgehead atoms. The molecule has 0 heterocycles. The molecule has 1 rings (SSSR count). The summed E-state index contributed by atoms with van der Waals surface area (Å²) in [4.78, 5) is 0. The van der Waals surface area contributed by atoms with Crippen molar-refractivity contribution in [2.75, 3.05) is 6.61 Å². The van der Waals surface area contributed by atoms with Gasteiger partial charge in [-0.1, -0.05) is 29.8 Å². The van der Waals surface area contributed by atoms with Crippen molar-refractivity contribution in [1.29, 1.82) is 0 Å². The van der Waals surface area contributed by atoms with E-state index in [1.165, 1.54) is 11.1 Å². The summed E-state index contributed by atoms with van der Waals surface area (Å²) in [5, 5.41) is 3.41. The molecule has 1 N–H and O–H groups in total. The fourth-order valence-electron chi connectivity index (χ4n) is 1.60. The molecule has 0 amide bonds. The molecule has 0 unspecified atom stereocenters. The summed E-state index contributed by atoms with van der Waals surface area (Å²) >= 11 is 3.52. The molecule has 0 spiro atoms. The van der Waals surface area contributed by atoms with Crippen molar-refractivity contribution in [1.82, 2.24) is 5.32 Å². The fraction of sp³-hybridized carbons (Fsp3) is 0.538. The van der Waals surface area contributed by atoms with Crippen LogP contribution in [0.25, 0.3) is 0 Å². The molecule has 0 aliphatic carbocycles. The molecule has 0 aromatic heterocycles. The lowest BCUT2D eigenvalue weighted by Crippen LogP contribution is -2.22. The van der Waals surface area contributed by atoms with Crippen molar-refractivity contribution < 1.29 is 4.74 Å². The van der Waals surface area contributed by atoms with Gasteiger partial charge < -0.3 is 10.1 Å². The van der Waals surface area contributed by atoms with Crippen LogP contribution in [0.2, 0.25) is 0 Å². The Morgan fingerprint density at radius 1 is 1.38 bits per heavy atom. The lowest BCUT2D eigenvalue weighted by molar-refractivity contribution is 0.332. The second-order valence-corrected chi connectivity index (χ2v) is 5.10. The maximum atomic E-state index is 5.69. The van der Waals surface area contributed by atoms with Crippen LogP contribution in [-0.2, 0) is 6.54 Å². The van der Waals surface area contributed by atoms with Crippen LogP contribution in [0.4, 0.5) is 0 Å². The normalized spacial score (nSPS) is 10.9. The van der Waals surface area contributed by atoms with Gasteiger partial charge in [0.2, 0.25) is 0 Å². The van der Waals surface area contributed by atoms with Crippen molar-refractivity contribution in [3.63, 3.8) is 0 Å². The van der Waals surface area contributed by atoms with Crippen molar-refractivity contribution in [2.45, 2.75) is 40.3 Å². The minimum Gasteiger partial charge on any atom is -0.493 e. The van der Waals surface area contributed by atoms with Gasteiger partial charge in [0.25, 0.3) is 0 Å². The number of hydrogen-bond acceptors (Lipinski definition) is 2. The average Bonchev–Trinajstić information content (AvgIpc) is 2.19. The first-order valence-corrected chi connectivity index (χ1v) is 6.49. The molecular weight excluding hydrogens is 266 g/mol. The summed E-state index contributed by atoms with van der Waals surface area (Å²) < 4.78 is 6.80. The van der Waals surface area contributed by atoms with E-state index in [9.17, 15) is 0 Å². The zero-order chi connectivity index (χ0) is 12.1. The summed E-state index contributed by atoms with van der Waals surface area (Å²) in [6.07, 6.45) is 0. The molecule has 0 atom stereocenters. The molecular formula is C13H20BrNO. The lowest BCUT2D eigenvalue weighted by Gasteiger charge is -2.15. The van der Waals surface area contributed by atoms with Crippen LogP contribution in [0.5, 0.6) is 5.75 Å². The molecule has 0 saturated carbocycles. The first-order valence-electron chi connectivity index (χ1n) is 5.69. The summed E-state index contributed by atoms with van der Waals surface area (Å²) in [6, 6.07) is 4.69. The van der Waals surface area contributed by atoms with E-state index in [4.69, 9.17) is 4.74 Å². The molecule has 90 valence electrons. The molecule has 0 aliphatic rings. The largest absolute Gasteiger partial charge is 0.493 e. The second kappa shape index (κ2) is 6.26. The molecule has 2 nitrogen and oxygen atoms in total. The molecule has 0 fully saturated rings. The summed E-state index contributed by atoms with van der Waals surface area (Å²) in [6.45, 7) is 9.93. The van der Waals surface area contributed by atoms with Gasteiger partial charge in [0, 0.05) is 22.6 Å². The van der Waals surface area contributed by atoms with E-state index < -0.39 is 0 Å². The molecule has 0 radical (unpaired) electrons. The van der Waals surface area contributed by atoms with Crippen LogP contribution in [0.1, 0.15) is 31.9 Å². The van der Waals surface area contributed by atoms with Crippen molar-refractivity contribution in [2.24, 2.45) is 0 Å². The van der Waals surface area contributed by atoms with E-state index >= 15 is 0 Å². The first kappa shape index (κ1) is 13.5. The van der Waals surface area contributed by atoms with E-state index in [0.717, 1.165) is 16.8 Å². The fourth-order valence-corrected chi connectivity index (χ4v) is 2.22. The van der Waals surface area contributed by atoms with Gasteiger partial charge in [-0.05, 0) is 31.5 Å². The van der Waals surface area contributed by atoms with Gasteiger partial charge in [0.1, 0.15) is 5.75 Å². The minimum atomic E-state index is 0.480. The molecule has 0 saturated heterocycles. The number of hydrogen-bond donors (Lipinski definition) is 1. The van der Waals surface area contributed by atoms with Gasteiger partial charge in [-0.15, -0.1) is 0 Å². The Balaban J connectivity index is 2.94. The van der Waals surface area contributed by atoms with Crippen molar-refractivity contribution in [3.05, 3.63) is 27.7 Å². The highest BCUT2D eigenvalue weighted by Crippen LogP contribution is 2.28. The molecule has 16 heavy (non-hydrogen) atoms. The summed E-state index contributed by atoms with van der Waals surface area (Å²) in [5.74, 6) is 1.01. The van der Waals surface area contributed by atoms with Crippen LogP contribution in [0, 0.1) is 6.92 Å². The van der Waals surface area contributed by atoms with Gasteiger partial charge in [0.05, 0.1) is 6.61 Å². The zero-order valence-corrected chi connectivity index (χ0v) is 12.0. The summed E-state index contributed by atoms with van der Waals surface area (Å²) in [5.41, 5.74) is 2.39. The predicted octanol–water partition coefficient (Wildman–Crippen LogP) is 3.65. The van der Waals surface area contributed by atoms with Crippen LogP contribution < -0.4 is 10.1 Å². The highest BCUT2D eigenvalue weighted by Gasteiger charge is 2.08. The van der Waals surface area contributed by atoms with Gasteiger partial charge >= 0.3 is 0 Å². The highest BCUT2D eigenvalue weighted by molar-refractivity contribution is 9.10. The SMILES string of the molecule is CCOc1c(C)cc(Br)cc1CNC(C)C. The molecule has 1 aromatic carbocycles. The van der Waals surface area contributed by atoms with E-state index in [2.05, 4.69) is 54.2 Å². The Morgan fingerprint density at radius 3 is 2.62 bits per heavy atom. The Labute approximate surface area is 107 Å². The monoisotopic (exact) mass is 285 g/mol. The van der Waals surface area contributed by atoms with E-state index in [1.807, 2.05) is 6.92 Å². The molecule has 3 heteroatoms. The molecule has 1 aromatic rings. The highest BCUT2D eigenvalue weighted by atomic mass is 79.9. The maximum absolute atomic E-state index is 5.69. The van der Waals surface area contributed by atoms with Gasteiger partial charge in [0.15, 0.2) is 0 Å². The van der Waals surface area contributed by atoms with Crippen LogP contribution in [0.15, 0.2) is 16.6 Å². The second-order valence-electron chi connectivity index (χ2n) is 4.18. The number of ether oxygens (including phenoxy) is 1. The van der Waals surface area contributed by atoms with E-state index in [-0.39, 0.29) is 0 Å². The van der Waals surface area contributed by atoms with Crippen LogP contribution in [-0.4, -0.2) is 12.6 Å². The summed E-state index contributed by atoms with van der Waals surface area (Å²) in [7, 11) is 0. The average molecular weight is 286 g/mol. The number of nitrogens with one attached hydrogen (secondary N) is 1. The standard InChI is InChI=1S/C13H20BrNO/c1-5-16-13-10(4)6-12(14)7-11(13)8-15-9(2)3/h6-7,9,15H,5,8H2,1-4H3. The van der Waals surface area contributed by atoms with Gasteiger partial charge in [-0.25, -0.2) is 0 Å². The Hall–Kier alpha value is -0.540. The third-order valence-corrected chi connectivity index (χ3v) is 2.76. The Bertz CT molecular complexity index is 350. The lowest BCUT2D eigenvalue weighted by atomic mass is 10.1. The Kier molecular flexibility index (Phi) is 5.29. The topological polar surface area (TPSA) is 21.3 Å². The first-order chi connectivity index (χ1) is 7.54. The minimum absolute atomic E-state index is 0.480. The molecule has 0 aliphatic heterocycles. The quantitative estimate of drug-likeness (QED) is 0.892. The maximum Gasteiger partial charge on any atom is 0.126 e. The smallest absolute Gasteiger partial charge is 0.126 e. The number of benzene rings is 1. The Morgan fingerprint density at radius 2 is 2.06 bits per heavy atom. The van der Waals surface area contributed by atoms with Crippen molar-refractivity contribution in [3.8, 4) is 5.75 Å². The number of aryl methyl sites for hydroxylation is 1. The zero-order valence-electron chi connectivity index (χ0n) is 10.4.